The van der Waals surface area contributed by atoms with Gasteiger partial charge in [0.2, 0.25) is 5.91 Å². The van der Waals surface area contributed by atoms with Gasteiger partial charge in [-0.25, -0.2) is 14.8 Å². The first-order valence-electron chi connectivity index (χ1n) is 9.95. The lowest BCUT2D eigenvalue weighted by Gasteiger charge is -2.34. The molecular formula is C19H25N7O2. The van der Waals surface area contributed by atoms with E-state index in [1.54, 1.807) is 11.2 Å². The molecule has 1 spiro atoms. The van der Waals surface area contributed by atoms with Crippen LogP contribution in [0.3, 0.4) is 0 Å². The maximum Gasteiger partial charge on any atom is 0.318 e. The van der Waals surface area contributed by atoms with E-state index in [1.165, 1.54) is 0 Å². The molecule has 2 N–H and O–H groups in total. The summed E-state index contributed by atoms with van der Waals surface area (Å²) in [6.07, 6.45) is 6.35. The Morgan fingerprint density at radius 3 is 2.93 bits per heavy atom. The zero-order valence-electron chi connectivity index (χ0n) is 16.0. The fourth-order valence-electron chi connectivity index (χ4n) is 4.54. The Labute approximate surface area is 163 Å². The van der Waals surface area contributed by atoms with Crippen molar-refractivity contribution in [2.75, 3.05) is 37.6 Å². The van der Waals surface area contributed by atoms with E-state index >= 15 is 0 Å². The first-order chi connectivity index (χ1) is 13.6. The normalized spacial score (nSPS) is 24.0. The molecule has 1 aliphatic carbocycles. The van der Waals surface area contributed by atoms with Gasteiger partial charge >= 0.3 is 6.03 Å². The summed E-state index contributed by atoms with van der Waals surface area (Å²) in [5.41, 5.74) is 0.696. The topological polar surface area (TPSA) is 97.5 Å². The molecule has 9 heteroatoms. The van der Waals surface area contributed by atoms with Crippen LogP contribution >= 0.6 is 0 Å². The van der Waals surface area contributed by atoms with E-state index in [0.717, 1.165) is 55.7 Å². The number of aromatic nitrogens is 3. The van der Waals surface area contributed by atoms with Crippen molar-refractivity contribution in [2.45, 2.75) is 37.8 Å². The Kier molecular flexibility index (Phi) is 3.92. The molecule has 28 heavy (non-hydrogen) atoms. The van der Waals surface area contributed by atoms with Crippen LogP contribution in [-0.4, -0.2) is 81.0 Å². The molecule has 2 aromatic rings. The van der Waals surface area contributed by atoms with Crippen molar-refractivity contribution >= 4 is 28.8 Å². The molecule has 2 saturated heterocycles. The number of nitrogens with zero attached hydrogens (tertiary/aromatic N) is 5. The Morgan fingerprint density at radius 1 is 1.32 bits per heavy atom. The average molecular weight is 383 g/mol. The van der Waals surface area contributed by atoms with Crippen molar-refractivity contribution in [3.05, 3.63) is 18.6 Å². The van der Waals surface area contributed by atoms with Crippen LogP contribution < -0.4 is 10.2 Å². The Hall–Kier alpha value is -2.84. The lowest BCUT2D eigenvalue weighted by molar-refractivity contribution is -0.134. The summed E-state index contributed by atoms with van der Waals surface area (Å²) in [6.45, 7) is 5.08. The van der Waals surface area contributed by atoms with Crippen LogP contribution in [0.4, 0.5) is 10.6 Å². The van der Waals surface area contributed by atoms with Gasteiger partial charge in [0.15, 0.2) is 0 Å². The quantitative estimate of drug-likeness (QED) is 0.822. The summed E-state index contributed by atoms with van der Waals surface area (Å²) in [7, 11) is 0. The number of amides is 3. The Bertz CT molecular complexity index is 922. The zero-order chi connectivity index (χ0) is 19.3. The minimum Gasteiger partial charge on any atom is -0.354 e. The number of anilines is 1. The van der Waals surface area contributed by atoms with E-state index in [1.807, 2.05) is 24.1 Å². The smallest absolute Gasteiger partial charge is 0.318 e. The fraction of sp³-hybridized carbons (Fsp3) is 0.579. The summed E-state index contributed by atoms with van der Waals surface area (Å²) in [4.78, 5) is 43.1. The highest BCUT2D eigenvalue weighted by atomic mass is 16.2. The highest BCUT2D eigenvalue weighted by Gasteiger charge is 2.52. The molecule has 148 valence electrons. The van der Waals surface area contributed by atoms with Crippen LogP contribution in [0.5, 0.6) is 0 Å². The van der Waals surface area contributed by atoms with E-state index in [-0.39, 0.29) is 30.1 Å². The van der Waals surface area contributed by atoms with Gasteiger partial charge in [0, 0.05) is 38.4 Å². The van der Waals surface area contributed by atoms with Gasteiger partial charge in [-0.2, -0.15) is 0 Å². The van der Waals surface area contributed by atoms with Gasteiger partial charge in [-0.1, -0.05) is 0 Å². The third-order valence-corrected chi connectivity index (χ3v) is 6.28. The predicted molar refractivity (Wildman–Crippen MR) is 104 cm³/mol. The van der Waals surface area contributed by atoms with E-state index in [0.29, 0.717) is 6.54 Å². The van der Waals surface area contributed by atoms with Crippen LogP contribution in [0.1, 0.15) is 26.2 Å². The Balaban J connectivity index is 1.36. The second-order valence-corrected chi connectivity index (χ2v) is 8.15. The molecule has 3 aliphatic rings. The molecule has 3 amide bonds. The van der Waals surface area contributed by atoms with E-state index in [4.69, 9.17) is 0 Å². The number of H-pyrrole nitrogens is 1. The van der Waals surface area contributed by atoms with Crippen LogP contribution in [0.25, 0.3) is 11.0 Å². The van der Waals surface area contributed by atoms with E-state index in [2.05, 4.69) is 25.2 Å². The first-order valence-corrected chi connectivity index (χ1v) is 9.95. The molecule has 9 nitrogen and oxygen atoms in total. The first kappa shape index (κ1) is 17.3. The van der Waals surface area contributed by atoms with Gasteiger partial charge in [0.1, 0.15) is 24.3 Å². The number of aromatic amines is 1. The van der Waals surface area contributed by atoms with Crippen LogP contribution in [0, 0.1) is 0 Å². The second-order valence-electron chi connectivity index (χ2n) is 8.15. The average Bonchev–Trinajstić information content (AvgIpc) is 3.25. The van der Waals surface area contributed by atoms with Crippen molar-refractivity contribution in [3.8, 4) is 0 Å². The minimum absolute atomic E-state index is 0.0535. The second kappa shape index (κ2) is 6.35. The predicted octanol–water partition coefficient (Wildman–Crippen LogP) is 0.943. The molecule has 1 atom stereocenters. The lowest BCUT2D eigenvalue weighted by Crippen LogP contribution is -2.51. The van der Waals surface area contributed by atoms with Crippen molar-refractivity contribution in [2.24, 2.45) is 0 Å². The minimum atomic E-state index is -0.141. The number of carbonyl (C=O) groups is 2. The van der Waals surface area contributed by atoms with Gasteiger partial charge < -0.3 is 25.0 Å². The molecule has 0 aromatic carbocycles. The van der Waals surface area contributed by atoms with Gasteiger partial charge in [0.05, 0.1) is 10.9 Å². The maximum absolute atomic E-state index is 13.1. The summed E-state index contributed by atoms with van der Waals surface area (Å²) < 4.78 is 0. The number of carbonyl (C=O) groups excluding carboxylic acids is 2. The number of rotatable bonds is 3. The number of nitrogens with one attached hydrogen (secondary N) is 2. The van der Waals surface area contributed by atoms with Gasteiger partial charge in [-0.15, -0.1) is 0 Å². The molecule has 0 radical (unpaired) electrons. The van der Waals surface area contributed by atoms with Gasteiger partial charge in [-0.05, 0) is 32.3 Å². The van der Waals surface area contributed by atoms with E-state index < -0.39 is 0 Å². The molecule has 1 saturated carbocycles. The largest absolute Gasteiger partial charge is 0.354 e. The number of urea groups is 1. The SMILES string of the molecule is CC1CNC(=O)N1CC(=O)N1CCCN(c2ncnc3[nH]ccc23)CC12CC2. The van der Waals surface area contributed by atoms with Gasteiger partial charge in [-0.3, -0.25) is 4.79 Å². The standard InChI is InChI=1S/C19H25N7O2/c1-13-9-21-18(28)25(13)10-15(27)26-8-2-7-24(11-19(26)4-5-19)17-14-3-6-20-16(14)22-12-23-17/h3,6,12-13H,2,4-5,7-11H2,1H3,(H,21,28)(H,20,22,23). The van der Waals surface area contributed by atoms with Crippen LogP contribution in [0.2, 0.25) is 0 Å². The highest BCUT2D eigenvalue weighted by molar-refractivity contribution is 5.88. The monoisotopic (exact) mass is 383 g/mol. The molecule has 5 rings (SSSR count). The van der Waals surface area contributed by atoms with E-state index in [9.17, 15) is 9.59 Å². The molecular weight excluding hydrogens is 358 g/mol. The summed E-state index contributed by atoms with van der Waals surface area (Å²) in [5, 5.41) is 3.82. The van der Waals surface area contributed by atoms with Crippen molar-refractivity contribution in [1.82, 2.24) is 30.1 Å². The molecule has 3 fully saturated rings. The Morgan fingerprint density at radius 2 is 2.18 bits per heavy atom. The summed E-state index contributed by atoms with van der Waals surface area (Å²) in [5.74, 6) is 0.983. The molecule has 2 aromatic heterocycles. The summed E-state index contributed by atoms with van der Waals surface area (Å²) >= 11 is 0. The molecule has 0 bridgehead atoms. The van der Waals surface area contributed by atoms with Gasteiger partial charge in [0.25, 0.3) is 0 Å². The van der Waals surface area contributed by atoms with Crippen molar-refractivity contribution < 1.29 is 9.59 Å². The number of hydrogen-bond donors (Lipinski definition) is 2. The summed E-state index contributed by atoms with van der Waals surface area (Å²) in [6, 6.07) is 1.92. The van der Waals surface area contributed by atoms with Crippen molar-refractivity contribution in [3.63, 3.8) is 0 Å². The molecule has 4 heterocycles. The van der Waals surface area contributed by atoms with Crippen LogP contribution in [0.15, 0.2) is 18.6 Å². The molecule has 1 unspecified atom stereocenters. The zero-order valence-corrected chi connectivity index (χ0v) is 16.0. The highest BCUT2D eigenvalue weighted by Crippen LogP contribution is 2.45. The fourth-order valence-corrected chi connectivity index (χ4v) is 4.54. The lowest BCUT2D eigenvalue weighted by atomic mass is 10.2. The maximum atomic E-state index is 13.1. The third kappa shape index (κ3) is 2.76. The third-order valence-electron chi connectivity index (χ3n) is 6.28. The number of hydrogen-bond acceptors (Lipinski definition) is 5. The van der Waals surface area contributed by atoms with Crippen LogP contribution in [-0.2, 0) is 4.79 Å². The molecule has 2 aliphatic heterocycles. The number of fused-ring (bicyclic) bond motifs is 1. The van der Waals surface area contributed by atoms with Crippen molar-refractivity contribution in [1.29, 1.82) is 0 Å².